The van der Waals surface area contributed by atoms with Crippen molar-refractivity contribution in [2.75, 3.05) is 39.9 Å². The molecule has 48 heavy (non-hydrogen) atoms. The Hall–Kier alpha value is -3.94. The molecule has 0 aliphatic heterocycles. The lowest BCUT2D eigenvalue weighted by Crippen LogP contribution is -2.54. The van der Waals surface area contributed by atoms with Crippen molar-refractivity contribution in [2.45, 2.75) is 89.8 Å². The quantitative estimate of drug-likeness (QED) is 0.0694. The molecule has 0 aliphatic carbocycles. The van der Waals surface area contributed by atoms with Crippen LogP contribution < -0.4 is 21.3 Å². The zero-order valence-corrected chi connectivity index (χ0v) is 30.3. The minimum absolute atomic E-state index is 0.171. The number of nitrogens with one attached hydrogen (secondary N) is 4. The predicted octanol–water partition coefficient (Wildman–Crippen LogP) is 0.596. The molecule has 274 valence electrons. The molecule has 0 rings (SSSR count). The summed E-state index contributed by atoms with van der Waals surface area (Å²) in [6.07, 6.45) is -3.02. The number of ether oxygens (including phenoxy) is 6. The first-order valence-corrected chi connectivity index (χ1v) is 16.8. The number of amides is 4. The lowest BCUT2D eigenvalue weighted by molar-refractivity contribution is -0.150. The predicted molar refractivity (Wildman–Crippen MR) is 172 cm³/mol. The van der Waals surface area contributed by atoms with Crippen LogP contribution in [0.3, 0.4) is 0 Å². The smallest absolute Gasteiger partial charge is 0.408 e. The van der Waals surface area contributed by atoms with Gasteiger partial charge < -0.3 is 49.7 Å². The van der Waals surface area contributed by atoms with E-state index in [2.05, 4.69) is 40.2 Å². The Morgan fingerprint density at radius 2 is 0.812 bits per heavy atom. The van der Waals surface area contributed by atoms with Crippen molar-refractivity contribution < 1.29 is 66.8 Å². The first kappa shape index (κ1) is 44.1. The van der Waals surface area contributed by atoms with E-state index in [4.69, 9.17) is 9.47 Å². The molecule has 0 radical (unpaired) electrons. The Morgan fingerprint density at radius 3 is 1.06 bits per heavy atom. The summed E-state index contributed by atoms with van der Waals surface area (Å²) in [5, 5.41) is 9.50. The number of rotatable bonds is 17. The monoisotopic (exact) mass is 726 g/mol. The summed E-state index contributed by atoms with van der Waals surface area (Å²) in [5.41, 5.74) is -1.84. The zero-order chi connectivity index (χ0) is 37.2. The van der Waals surface area contributed by atoms with Crippen molar-refractivity contribution in [2.24, 2.45) is 0 Å². The Kier molecular flexibility index (Phi) is 19.4. The Bertz CT molecular complexity index is 1070. The maximum absolute atomic E-state index is 13.2. The molecule has 18 nitrogen and oxygen atoms in total. The first-order chi connectivity index (χ1) is 22.2. The topological polar surface area (TPSA) is 240 Å². The van der Waals surface area contributed by atoms with Gasteiger partial charge in [-0.05, 0) is 41.5 Å². The van der Waals surface area contributed by atoms with Gasteiger partial charge in [0.2, 0.25) is 11.8 Å². The summed E-state index contributed by atoms with van der Waals surface area (Å²) in [7, 11) is 6.27. The number of hydrogen-bond donors (Lipinski definition) is 4. The zero-order valence-electron chi connectivity index (χ0n) is 28.7. The van der Waals surface area contributed by atoms with Gasteiger partial charge in [-0.25, -0.2) is 19.2 Å². The summed E-state index contributed by atoms with van der Waals surface area (Å²) in [4.78, 5) is 99.5. The number of carbonyl (C=O) groups excluding carboxylic acids is 8. The summed E-state index contributed by atoms with van der Waals surface area (Å²) in [6.45, 7) is 9.64. The van der Waals surface area contributed by atoms with Crippen LogP contribution in [0.5, 0.6) is 0 Å². The first-order valence-electron chi connectivity index (χ1n) is 14.3. The van der Waals surface area contributed by atoms with Crippen LogP contribution in [-0.4, -0.2) is 123 Å². The number of alkyl carbamates (subject to hydrolysis) is 2. The second kappa shape index (κ2) is 21.1. The van der Waals surface area contributed by atoms with Gasteiger partial charge >= 0.3 is 36.1 Å². The van der Waals surface area contributed by atoms with E-state index in [0.717, 1.165) is 50.0 Å². The van der Waals surface area contributed by atoms with Gasteiger partial charge in [0.05, 0.1) is 41.3 Å². The molecule has 4 amide bonds. The molecule has 0 aromatic rings. The number of hydrogen-bond acceptors (Lipinski definition) is 16. The maximum atomic E-state index is 13.2. The average molecular weight is 727 g/mol. The number of methoxy groups -OCH3 is 4. The molecular weight excluding hydrogens is 680 g/mol. The summed E-state index contributed by atoms with van der Waals surface area (Å²) in [6, 6.07) is -5.54. The number of carbonyl (C=O) groups is 8. The molecule has 0 aromatic carbocycles. The van der Waals surface area contributed by atoms with Crippen LogP contribution in [0.25, 0.3) is 0 Å². The fraction of sp³-hybridized carbons (Fsp3) is 0.714. The van der Waals surface area contributed by atoms with Gasteiger partial charge in [-0.2, -0.15) is 0 Å². The molecule has 4 N–H and O–H groups in total. The van der Waals surface area contributed by atoms with E-state index in [-0.39, 0.29) is 11.5 Å². The lowest BCUT2D eigenvalue weighted by atomic mass is 10.2. The van der Waals surface area contributed by atoms with E-state index in [1.807, 2.05) is 0 Å². The Balaban J connectivity index is 5.96. The van der Waals surface area contributed by atoms with Gasteiger partial charge in [0.1, 0.15) is 35.4 Å². The molecule has 0 aromatic heterocycles. The largest absolute Gasteiger partial charge is 0.469 e. The van der Waals surface area contributed by atoms with Crippen LogP contribution in [0.1, 0.15) is 54.4 Å². The maximum Gasteiger partial charge on any atom is 0.408 e. The minimum Gasteiger partial charge on any atom is -0.469 e. The highest BCUT2D eigenvalue weighted by atomic mass is 33.1. The molecule has 4 unspecified atom stereocenters. The molecule has 20 heteroatoms. The molecule has 0 saturated carbocycles. The van der Waals surface area contributed by atoms with Crippen LogP contribution in [-0.2, 0) is 57.2 Å². The summed E-state index contributed by atoms with van der Waals surface area (Å²) >= 11 is 0. The van der Waals surface area contributed by atoms with E-state index >= 15 is 0 Å². The number of esters is 4. The molecule has 0 bridgehead atoms. The SMILES string of the molecule is COC(=O)CC(NC(=O)C(CSSCC(NC(=O)OC(C)(C)C)C(=O)NC(CC(=O)OC)C(=O)OC)NC(=O)OC(C)(C)C)C(=O)OC. The van der Waals surface area contributed by atoms with E-state index in [9.17, 15) is 38.4 Å². The van der Waals surface area contributed by atoms with Gasteiger partial charge in [-0.15, -0.1) is 0 Å². The third-order valence-electron chi connectivity index (χ3n) is 5.37. The highest BCUT2D eigenvalue weighted by molar-refractivity contribution is 8.76. The molecule has 0 fully saturated rings. The standard InChI is InChI=1S/C28H46N4O14S2/c1-27(2,3)45-25(39)31-17(21(35)29-15(23(37)43-9)11-19(33)41-7)13-47-48-14-18(32-26(40)46-28(4,5)6)22(36)30-16(24(38)44-10)12-20(34)42-8/h15-18H,11-14H2,1-10H3,(H,29,35)(H,30,36)(H,31,39)(H,32,40). The van der Waals surface area contributed by atoms with Crippen LogP contribution in [0.15, 0.2) is 0 Å². The van der Waals surface area contributed by atoms with Crippen LogP contribution in [0, 0.1) is 0 Å². The third-order valence-corrected chi connectivity index (χ3v) is 7.79. The molecule has 4 atom stereocenters. The van der Waals surface area contributed by atoms with E-state index in [1.54, 1.807) is 41.5 Å². The molecular formula is C28H46N4O14S2. The van der Waals surface area contributed by atoms with Gasteiger partial charge in [0, 0.05) is 11.5 Å². The average Bonchev–Trinajstić information content (AvgIpc) is 2.97. The van der Waals surface area contributed by atoms with Crippen molar-refractivity contribution in [1.82, 2.24) is 21.3 Å². The Morgan fingerprint density at radius 1 is 0.500 bits per heavy atom. The lowest BCUT2D eigenvalue weighted by Gasteiger charge is -2.25. The van der Waals surface area contributed by atoms with Crippen molar-refractivity contribution >= 4 is 69.5 Å². The van der Waals surface area contributed by atoms with Gasteiger partial charge in [-0.1, -0.05) is 21.6 Å². The van der Waals surface area contributed by atoms with E-state index in [0.29, 0.717) is 0 Å². The molecule has 0 saturated heterocycles. The second-order valence-electron chi connectivity index (χ2n) is 11.7. The highest BCUT2D eigenvalue weighted by Gasteiger charge is 2.33. The fourth-order valence-corrected chi connectivity index (χ4v) is 5.54. The summed E-state index contributed by atoms with van der Waals surface area (Å²) in [5.74, 6) is -5.59. The van der Waals surface area contributed by atoms with Gasteiger partial charge in [0.15, 0.2) is 0 Å². The van der Waals surface area contributed by atoms with Crippen LogP contribution >= 0.6 is 21.6 Å². The van der Waals surface area contributed by atoms with Crippen LogP contribution in [0.2, 0.25) is 0 Å². The Labute approximate surface area is 286 Å². The van der Waals surface area contributed by atoms with Crippen molar-refractivity contribution in [3.8, 4) is 0 Å². The third kappa shape index (κ3) is 19.0. The molecule has 0 aliphatic rings. The van der Waals surface area contributed by atoms with Gasteiger partial charge in [-0.3, -0.25) is 19.2 Å². The fourth-order valence-electron chi connectivity index (χ4n) is 3.21. The minimum atomic E-state index is -1.44. The van der Waals surface area contributed by atoms with Crippen molar-refractivity contribution in [3.05, 3.63) is 0 Å². The van der Waals surface area contributed by atoms with Gasteiger partial charge in [0.25, 0.3) is 0 Å². The van der Waals surface area contributed by atoms with Crippen molar-refractivity contribution in [3.63, 3.8) is 0 Å². The summed E-state index contributed by atoms with van der Waals surface area (Å²) < 4.78 is 28.9. The molecule has 0 spiro atoms. The van der Waals surface area contributed by atoms with Crippen molar-refractivity contribution in [1.29, 1.82) is 0 Å². The highest BCUT2D eigenvalue weighted by Crippen LogP contribution is 2.24. The van der Waals surface area contributed by atoms with E-state index < -0.39 is 96.1 Å². The second-order valence-corrected chi connectivity index (χ2v) is 14.2. The molecule has 0 heterocycles. The normalized spacial score (nSPS) is 13.6. The van der Waals surface area contributed by atoms with Crippen LogP contribution in [0.4, 0.5) is 9.59 Å². The van der Waals surface area contributed by atoms with E-state index in [1.165, 1.54) is 0 Å².